The van der Waals surface area contributed by atoms with E-state index in [1.807, 2.05) is 18.3 Å². The van der Waals surface area contributed by atoms with Crippen molar-refractivity contribution in [1.29, 1.82) is 0 Å². The lowest BCUT2D eigenvalue weighted by atomic mass is 10.2. The van der Waals surface area contributed by atoms with Crippen LogP contribution < -0.4 is 16.0 Å². The van der Waals surface area contributed by atoms with Gasteiger partial charge in [-0.2, -0.15) is 0 Å². The summed E-state index contributed by atoms with van der Waals surface area (Å²) in [4.78, 5) is 11.2. The number of hydrazine groups is 2. The average molecular weight is 205 g/mol. The quantitative estimate of drug-likeness (QED) is 0.698. The van der Waals surface area contributed by atoms with Crippen molar-refractivity contribution in [3.63, 3.8) is 0 Å². The zero-order valence-corrected chi connectivity index (χ0v) is 8.23. The molecule has 1 aliphatic rings. The van der Waals surface area contributed by atoms with E-state index in [0.717, 1.165) is 5.69 Å². The SMILES string of the molecule is COC(=O)c1ccc(N2C=CNN2)cc1. The van der Waals surface area contributed by atoms with Gasteiger partial charge >= 0.3 is 5.97 Å². The molecule has 0 fully saturated rings. The number of carbonyl (C=O) groups is 1. The van der Waals surface area contributed by atoms with E-state index >= 15 is 0 Å². The van der Waals surface area contributed by atoms with Crippen molar-refractivity contribution in [1.82, 2.24) is 11.0 Å². The number of anilines is 1. The third kappa shape index (κ3) is 1.92. The summed E-state index contributed by atoms with van der Waals surface area (Å²) in [7, 11) is 1.37. The van der Waals surface area contributed by atoms with Crippen molar-refractivity contribution < 1.29 is 9.53 Å². The van der Waals surface area contributed by atoms with Crippen LogP contribution in [0.5, 0.6) is 0 Å². The average Bonchev–Trinajstić information content (AvgIpc) is 2.82. The van der Waals surface area contributed by atoms with Crippen LogP contribution in [-0.2, 0) is 4.74 Å². The molecule has 1 aromatic rings. The van der Waals surface area contributed by atoms with E-state index in [4.69, 9.17) is 0 Å². The predicted molar refractivity (Wildman–Crippen MR) is 55.7 cm³/mol. The van der Waals surface area contributed by atoms with Crippen molar-refractivity contribution in [2.75, 3.05) is 12.1 Å². The molecule has 0 amide bonds. The number of rotatable bonds is 2. The molecule has 0 spiro atoms. The van der Waals surface area contributed by atoms with Gasteiger partial charge in [-0.1, -0.05) is 0 Å². The van der Waals surface area contributed by atoms with Crippen LogP contribution in [-0.4, -0.2) is 13.1 Å². The summed E-state index contributed by atoms with van der Waals surface area (Å²) in [6.45, 7) is 0. The summed E-state index contributed by atoms with van der Waals surface area (Å²) in [5.41, 5.74) is 7.19. The summed E-state index contributed by atoms with van der Waals surface area (Å²) >= 11 is 0. The molecule has 0 radical (unpaired) electrons. The van der Waals surface area contributed by atoms with Crippen LogP contribution in [0.2, 0.25) is 0 Å². The first-order valence-corrected chi connectivity index (χ1v) is 4.47. The van der Waals surface area contributed by atoms with E-state index in [0.29, 0.717) is 5.56 Å². The Labute approximate surface area is 87.3 Å². The number of ether oxygens (including phenoxy) is 1. The number of nitrogens with one attached hydrogen (secondary N) is 2. The maximum absolute atomic E-state index is 11.2. The summed E-state index contributed by atoms with van der Waals surface area (Å²) in [6.07, 6.45) is 3.61. The van der Waals surface area contributed by atoms with E-state index in [1.54, 1.807) is 23.3 Å². The van der Waals surface area contributed by atoms with Crippen molar-refractivity contribution in [2.45, 2.75) is 0 Å². The zero-order chi connectivity index (χ0) is 10.7. The van der Waals surface area contributed by atoms with Crippen LogP contribution in [0.3, 0.4) is 0 Å². The van der Waals surface area contributed by atoms with Crippen molar-refractivity contribution in [3.8, 4) is 0 Å². The first-order valence-electron chi connectivity index (χ1n) is 4.47. The summed E-state index contributed by atoms with van der Waals surface area (Å²) < 4.78 is 4.61. The third-order valence-electron chi connectivity index (χ3n) is 2.06. The van der Waals surface area contributed by atoms with E-state index in [1.165, 1.54) is 7.11 Å². The fourth-order valence-electron chi connectivity index (χ4n) is 1.28. The normalized spacial score (nSPS) is 13.8. The van der Waals surface area contributed by atoms with Gasteiger partial charge in [0.15, 0.2) is 0 Å². The number of carbonyl (C=O) groups excluding carboxylic acids is 1. The van der Waals surface area contributed by atoms with Crippen LogP contribution in [0.4, 0.5) is 5.69 Å². The molecule has 2 rings (SSSR count). The molecular weight excluding hydrogens is 194 g/mol. The molecule has 0 bridgehead atoms. The lowest BCUT2D eigenvalue weighted by Gasteiger charge is -2.15. The van der Waals surface area contributed by atoms with Crippen LogP contribution in [0.1, 0.15) is 10.4 Å². The largest absolute Gasteiger partial charge is 0.465 e. The minimum Gasteiger partial charge on any atom is -0.465 e. The van der Waals surface area contributed by atoms with Gasteiger partial charge in [0.1, 0.15) is 0 Å². The van der Waals surface area contributed by atoms with Crippen molar-refractivity contribution in [3.05, 3.63) is 42.2 Å². The van der Waals surface area contributed by atoms with Gasteiger partial charge in [0.25, 0.3) is 0 Å². The molecule has 5 heteroatoms. The van der Waals surface area contributed by atoms with Crippen molar-refractivity contribution in [2.24, 2.45) is 0 Å². The lowest BCUT2D eigenvalue weighted by molar-refractivity contribution is 0.0601. The standard InChI is InChI=1S/C10H11N3O2/c1-15-10(14)8-2-4-9(5-3-8)13-7-6-11-12-13/h2-7,11-12H,1H3. The molecule has 0 saturated heterocycles. The molecule has 2 N–H and O–H groups in total. The Balaban J connectivity index is 2.16. The van der Waals surface area contributed by atoms with Gasteiger partial charge in [-0.15, -0.1) is 5.53 Å². The predicted octanol–water partition coefficient (Wildman–Crippen LogP) is 0.774. The Kier molecular flexibility index (Phi) is 2.55. The van der Waals surface area contributed by atoms with E-state index in [2.05, 4.69) is 15.7 Å². The smallest absolute Gasteiger partial charge is 0.337 e. The highest BCUT2D eigenvalue weighted by atomic mass is 16.5. The molecule has 0 atom stereocenters. The van der Waals surface area contributed by atoms with Crippen LogP contribution >= 0.6 is 0 Å². The third-order valence-corrected chi connectivity index (χ3v) is 2.06. The second-order valence-electron chi connectivity index (χ2n) is 2.98. The summed E-state index contributed by atoms with van der Waals surface area (Å²) in [5, 5.41) is 1.79. The molecule has 0 unspecified atom stereocenters. The van der Waals surface area contributed by atoms with Gasteiger partial charge in [-0.3, -0.25) is 5.01 Å². The highest BCUT2D eigenvalue weighted by Crippen LogP contribution is 2.15. The molecular formula is C10H11N3O2. The van der Waals surface area contributed by atoms with Gasteiger partial charge in [0.2, 0.25) is 0 Å². The first kappa shape index (κ1) is 9.54. The second kappa shape index (κ2) is 4.02. The molecule has 1 heterocycles. The summed E-state index contributed by atoms with van der Waals surface area (Å²) in [6, 6.07) is 7.09. The number of hydrogen-bond acceptors (Lipinski definition) is 5. The summed E-state index contributed by atoms with van der Waals surface area (Å²) in [5.74, 6) is -0.329. The highest BCUT2D eigenvalue weighted by Gasteiger charge is 2.08. The van der Waals surface area contributed by atoms with Gasteiger partial charge in [0.05, 0.1) is 18.4 Å². The monoisotopic (exact) mass is 205 g/mol. The van der Waals surface area contributed by atoms with E-state index in [-0.39, 0.29) is 5.97 Å². The van der Waals surface area contributed by atoms with Gasteiger partial charge in [0, 0.05) is 12.4 Å². The van der Waals surface area contributed by atoms with Crippen molar-refractivity contribution >= 4 is 11.7 Å². The van der Waals surface area contributed by atoms with Gasteiger partial charge in [-0.25, -0.2) is 4.79 Å². The lowest BCUT2D eigenvalue weighted by Crippen LogP contribution is -2.35. The number of benzene rings is 1. The minimum absolute atomic E-state index is 0.329. The second-order valence-corrected chi connectivity index (χ2v) is 2.98. The van der Waals surface area contributed by atoms with E-state index in [9.17, 15) is 4.79 Å². The zero-order valence-electron chi connectivity index (χ0n) is 8.23. The maximum Gasteiger partial charge on any atom is 0.337 e. The van der Waals surface area contributed by atoms with E-state index < -0.39 is 0 Å². The topological polar surface area (TPSA) is 53.6 Å². The number of hydrogen-bond donors (Lipinski definition) is 2. The highest BCUT2D eigenvalue weighted by molar-refractivity contribution is 5.89. The van der Waals surface area contributed by atoms with Crippen LogP contribution in [0.25, 0.3) is 0 Å². The van der Waals surface area contributed by atoms with Crippen LogP contribution in [0.15, 0.2) is 36.7 Å². The molecule has 15 heavy (non-hydrogen) atoms. The Morgan fingerprint density at radius 2 is 2.07 bits per heavy atom. The fourth-order valence-corrected chi connectivity index (χ4v) is 1.28. The van der Waals surface area contributed by atoms with Crippen LogP contribution in [0, 0.1) is 0 Å². The number of esters is 1. The maximum atomic E-state index is 11.2. The Morgan fingerprint density at radius 1 is 1.33 bits per heavy atom. The Morgan fingerprint density at radius 3 is 2.60 bits per heavy atom. The Bertz CT molecular complexity index is 386. The Hall–Kier alpha value is -2.01. The molecule has 5 nitrogen and oxygen atoms in total. The minimum atomic E-state index is -0.329. The molecule has 78 valence electrons. The molecule has 1 aliphatic heterocycles. The fraction of sp³-hybridized carbons (Fsp3) is 0.100. The van der Waals surface area contributed by atoms with Gasteiger partial charge in [-0.05, 0) is 24.3 Å². The first-order chi connectivity index (χ1) is 7.31. The molecule has 0 saturated carbocycles. The molecule has 1 aromatic carbocycles. The number of methoxy groups -OCH3 is 1. The molecule has 0 aliphatic carbocycles. The number of nitrogens with zero attached hydrogens (tertiary/aromatic N) is 1. The van der Waals surface area contributed by atoms with Gasteiger partial charge < -0.3 is 10.2 Å². The molecule has 0 aromatic heterocycles.